The van der Waals surface area contributed by atoms with Crippen LogP contribution in [-0.4, -0.2) is 35.0 Å². The first-order valence-corrected chi connectivity index (χ1v) is 6.26. The van der Waals surface area contributed by atoms with Crippen LogP contribution in [0, 0.1) is 0 Å². The SMILES string of the molecule is CCC(C(=O)O)N(C)C(=O)CC(N)c1ccccc1. The van der Waals surface area contributed by atoms with Crippen LogP contribution in [0.15, 0.2) is 30.3 Å². The third kappa shape index (κ3) is 4.06. The summed E-state index contributed by atoms with van der Waals surface area (Å²) >= 11 is 0. The quantitative estimate of drug-likeness (QED) is 0.813. The van der Waals surface area contributed by atoms with E-state index in [1.54, 1.807) is 6.92 Å². The number of aliphatic carboxylic acids is 1. The van der Waals surface area contributed by atoms with E-state index in [0.29, 0.717) is 6.42 Å². The average molecular weight is 264 g/mol. The van der Waals surface area contributed by atoms with Gasteiger partial charge in [-0.05, 0) is 12.0 Å². The zero-order valence-corrected chi connectivity index (χ0v) is 11.2. The third-order valence-electron chi connectivity index (χ3n) is 3.15. The number of carbonyl (C=O) groups is 2. The molecule has 0 heterocycles. The normalized spacial score (nSPS) is 13.6. The summed E-state index contributed by atoms with van der Waals surface area (Å²) < 4.78 is 0. The van der Waals surface area contributed by atoms with Crippen LogP contribution in [-0.2, 0) is 9.59 Å². The van der Waals surface area contributed by atoms with E-state index in [1.165, 1.54) is 11.9 Å². The molecule has 0 bridgehead atoms. The average Bonchev–Trinajstić information content (AvgIpc) is 2.39. The number of nitrogens with zero attached hydrogens (tertiary/aromatic N) is 1. The fourth-order valence-corrected chi connectivity index (χ4v) is 1.94. The first kappa shape index (κ1) is 15.2. The largest absolute Gasteiger partial charge is 0.480 e. The molecule has 104 valence electrons. The van der Waals surface area contributed by atoms with Gasteiger partial charge in [-0.3, -0.25) is 4.79 Å². The number of hydrogen-bond acceptors (Lipinski definition) is 3. The van der Waals surface area contributed by atoms with E-state index in [2.05, 4.69) is 0 Å². The second-order valence-electron chi connectivity index (χ2n) is 4.49. The lowest BCUT2D eigenvalue weighted by Crippen LogP contribution is -2.42. The number of likely N-dealkylation sites (N-methyl/N-ethyl adjacent to an activating group) is 1. The van der Waals surface area contributed by atoms with Gasteiger partial charge in [-0.15, -0.1) is 0 Å². The molecular weight excluding hydrogens is 244 g/mol. The van der Waals surface area contributed by atoms with Crippen molar-refractivity contribution in [1.82, 2.24) is 4.90 Å². The fourth-order valence-electron chi connectivity index (χ4n) is 1.94. The predicted molar refractivity (Wildman–Crippen MR) is 72.5 cm³/mol. The lowest BCUT2D eigenvalue weighted by molar-refractivity contribution is -0.149. The Bertz CT molecular complexity index is 434. The van der Waals surface area contributed by atoms with Gasteiger partial charge in [-0.1, -0.05) is 37.3 Å². The van der Waals surface area contributed by atoms with E-state index in [4.69, 9.17) is 10.8 Å². The minimum absolute atomic E-state index is 0.101. The van der Waals surface area contributed by atoms with Gasteiger partial charge in [0.1, 0.15) is 6.04 Å². The van der Waals surface area contributed by atoms with E-state index >= 15 is 0 Å². The molecule has 1 amide bonds. The van der Waals surface area contributed by atoms with Crippen LogP contribution in [0.25, 0.3) is 0 Å². The van der Waals surface area contributed by atoms with Crippen molar-refractivity contribution in [2.24, 2.45) is 5.73 Å². The van der Waals surface area contributed by atoms with Crippen molar-refractivity contribution in [2.75, 3.05) is 7.05 Å². The molecule has 0 aromatic heterocycles. The zero-order valence-electron chi connectivity index (χ0n) is 11.2. The van der Waals surface area contributed by atoms with Gasteiger partial charge in [0.25, 0.3) is 0 Å². The minimum atomic E-state index is -0.994. The molecule has 3 N–H and O–H groups in total. The van der Waals surface area contributed by atoms with Crippen LogP contribution in [0.1, 0.15) is 31.4 Å². The third-order valence-corrected chi connectivity index (χ3v) is 3.15. The molecule has 5 heteroatoms. The highest BCUT2D eigenvalue weighted by molar-refractivity contribution is 5.83. The smallest absolute Gasteiger partial charge is 0.326 e. The monoisotopic (exact) mass is 264 g/mol. The summed E-state index contributed by atoms with van der Waals surface area (Å²) in [5, 5.41) is 9.02. The number of benzene rings is 1. The van der Waals surface area contributed by atoms with Gasteiger partial charge in [0.05, 0.1) is 0 Å². The Kier molecular flexibility index (Phi) is 5.51. The number of carboxylic acid groups (broad SMARTS) is 1. The van der Waals surface area contributed by atoms with Gasteiger partial charge in [0.15, 0.2) is 0 Å². The Morgan fingerprint density at radius 2 is 1.89 bits per heavy atom. The Morgan fingerprint density at radius 3 is 2.37 bits per heavy atom. The van der Waals surface area contributed by atoms with Crippen molar-refractivity contribution in [3.05, 3.63) is 35.9 Å². The van der Waals surface area contributed by atoms with Gasteiger partial charge in [0, 0.05) is 19.5 Å². The van der Waals surface area contributed by atoms with Crippen molar-refractivity contribution < 1.29 is 14.7 Å². The van der Waals surface area contributed by atoms with Gasteiger partial charge in [-0.2, -0.15) is 0 Å². The molecule has 0 radical (unpaired) electrons. The number of carboxylic acids is 1. The topological polar surface area (TPSA) is 83.6 Å². The number of carbonyl (C=O) groups excluding carboxylic acids is 1. The molecule has 2 unspecified atom stereocenters. The second kappa shape index (κ2) is 6.89. The Balaban J connectivity index is 2.66. The molecule has 0 aliphatic heterocycles. The summed E-state index contributed by atoms with van der Waals surface area (Å²) in [6.07, 6.45) is 0.475. The van der Waals surface area contributed by atoms with Crippen LogP contribution >= 0.6 is 0 Å². The van der Waals surface area contributed by atoms with Crippen molar-refractivity contribution in [3.8, 4) is 0 Å². The molecular formula is C14H20N2O3. The highest BCUT2D eigenvalue weighted by atomic mass is 16.4. The lowest BCUT2D eigenvalue weighted by Gasteiger charge is -2.25. The molecule has 1 aromatic rings. The lowest BCUT2D eigenvalue weighted by atomic mass is 10.0. The number of rotatable bonds is 6. The number of hydrogen-bond donors (Lipinski definition) is 2. The van der Waals surface area contributed by atoms with Crippen LogP contribution in [0.5, 0.6) is 0 Å². The van der Waals surface area contributed by atoms with E-state index < -0.39 is 18.1 Å². The van der Waals surface area contributed by atoms with E-state index in [-0.39, 0.29) is 12.3 Å². The van der Waals surface area contributed by atoms with Crippen LogP contribution in [0.2, 0.25) is 0 Å². The Morgan fingerprint density at radius 1 is 1.32 bits per heavy atom. The zero-order chi connectivity index (χ0) is 14.4. The standard InChI is InChI=1S/C14H20N2O3/c1-3-12(14(18)19)16(2)13(17)9-11(15)10-7-5-4-6-8-10/h4-8,11-12H,3,9,15H2,1-2H3,(H,18,19). The van der Waals surface area contributed by atoms with Crippen LogP contribution < -0.4 is 5.73 Å². The molecule has 5 nitrogen and oxygen atoms in total. The summed E-state index contributed by atoms with van der Waals surface area (Å²) in [6.45, 7) is 1.74. The maximum Gasteiger partial charge on any atom is 0.326 e. The second-order valence-corrected chi connectivity index (χ2v) is 4.49. The van der Waals surface area contributed by atoms with Crippen molar-refractivity contribution in [2.45, 2.75) is 31.8 Å². The van der Waals surface area contributed by atoms with Crippen molar-refractivity contribution in [3.63, 3.8) is 0 Å². The predicted octanol–water partition coefficient (Wildman–Crippen LogP) is 1.40. The molecule has 1 rings (SSSR count). The number of amides is 1. The highest BCUT2D eigenvalue weighted by Gasteiger charge is 2.25. The van der Waals surface area contributed by atoms with Crippen LogP contribution in [0.4, 0.5) is 0 Å². The van der Waals surface area contributed by atoms with Gasteiger partial charge < -0.3 is 15.7 Å². The molecule has 19 heavy (non-hydrogen) atoms. The molecule has 0 aliphatic rings. The van der Waals surface area contributed by atoms with Crippen molar-refractivity contribution in [1.29, 1.82) is 0 Å². The fraction of sp³-hybridized carbons (Fsp3) is 0.429. The van der Waals surface area contributed by atoms with Gasteiger partial charge in [0.2, 0.25) is 5.91 Å². The van der Waals surface area contributed by atoms with E-state index in [1.807, 2.05) is 30.3 Å². The molecule has 0 saturated carbocycles. The first-order valence-electron chi connectivity index (χ1n) is 6.26. The van der Waals surface area contributed by atoms with Crippen LogP contribution in [0.3, 0.4) is 0 Å². The minimum Gasteiger partial charge on any atom is -0.480 e. The van der Waals surface area contributed by atoms with Gasteiger partial charge in [-0.25, -0.2) is 4.79 Å². The summed E-state index contributed by atoms with van der Waals surface area (Å²) in [6, 6.07) is 8.09. The van der Waals surface area contributed by atoms with E-state index in [0.717, 1.165) is 5.56 Å². The Hall–Kier alpha value is -1.88. The molecule has 1 aromatic carbocycles. The highest BCUT2D eigenvalue weighted by Crippen LogP contribution is 2.15. The van der Waals surface area contributed by atoms with E-state index in [9.17, 15) is 9.59 Å². The molecule has 0 saturated heterocycles. The maximum absolute atomic E-state index is 12.0. The summed E-state index contributed by atoms with van der Waals surface area (Å²) in [4.78, 5) is 24.3. The molecule has 0 fully saturated rings. The molecule has 0 aliphatic carbocycles. The summed E-state index contributed by atoms with van der Waals surface area (Å²) in [5.41, 5.74) is 6.82. The summed E-state index contributed by atoms with van der Waals surface area (Å²) in [5.74, 6) is -1.25. The maximum atomic E-state index is 12.0. The Labute approximate surface area is 113 Å². The molecule has 2 atom stereocenters. The summed E-state index contributed by atoms with van der Waals surface area (Å²) in [7, 11) is 1.50. The first-order chi connectivity index (χ1) is 8.97. The van der Waals surface area contributed by atoms with Crippen molar-refractivity contribution >= 4 is 11.9 Å². The van der Waals surface area contributed by atoms with Gasteiger partial charge >= 0.3 is 5.97 Å². The molecule has 0 spiro atoms. The number of nitrogens with two attached hydrogens (primary N) is 1.